The van der Waals surface area contributed by atoms with Gasteiger partial charge >= 0.3 is 0 Å². The second-order valence-electron chi connectivity index (χ2n) is 8.17. The molecule has 1 amide bonds. The van der Waals surface area contributed by atoms with Crippen molar-refractivity contribution in [1.29, 1.82) is 0 Å². The lowest BCUT2D eigenvalue weighted by Gasteiger charge is -2.21. The van der Waals surface area contributed by atoms with Gasteiger partial charge in [0.25, 0.3) is 5.91 Å². The highest BCUT2D eigenvalue weighted by molar-refractivity contribution is 7.21. The lowest BCUT2D eigenvalue weighted by atomic mass is 10.0. The number of rotatable bonds is 3. The van der Waals surface area contributed by atoms with Crippen molar-refractivity contribution in [2.45, 2.75) is 6.42 Å². The van der Waals surface area contributed by atoms with Crippen LogP contribution in [0, 0.1) is 0 Å². The number of carbonyl (C=O) groups excluding carboxylic acids is 1. The molecule has 6 nitrogen and oxygen atoms in total. The molecule has 0 spiro atoms. The standard InChI is InChI=1S/C25H25N5OS/c1-29-10-5-11-30(13-12-29)25(31)18-7-4-6-17(14-18)19-15-20(23(26)27-16-19)24-28-21-8-2-3-9-22(21)32-24/h2-4,6-9,14-16H,5,10-13H2,1H3,(H2,26,27). The summed E-state index contributed by atoms with van der Waals surface area (Å²) in [7, 11) is 2.10. The number of fused-ring (bicyclic) bond motifs is 1. The fraction of sp³-hybridized carbons (Fsp3) is 0.240. The molecule has 2 N–H and O–H groups in total. The molecule has 1 aliphatic rings. The fourth-order valence-electron chi connectivity index (χ4n) is 4.06. The minimum Gasteiger partial charge on any atom is -0.383 e. The molecular weight excluding hydrogens is 418 g/mol. The molecule has 2 aromatic heterocycles. The van der Waals surface area contributed by atoms with Crippen LogP contribution in [0.15, 0.2) is 60.8 Å². The van der Waals surface area contributed by atoms with Crippen LogP contribution in [-0.2, 0) is 0 Å². The Bertz CT molecular complexity index is 1250. The van der Waals surface area contributed by atoms with E-state index in [1.54, 1.807) is 17.5 Å². The van der Waals surface area contributed by atoms with Crippen LogP contribution in [0.25, 0.3) is 31.9 Å². The van der Waals surface area contributed by atoms with E-state index in [4.69, 9.17) is 10.7 Å². The van der Waals surface area contributed by atoms with Crippen molar-refractivity contribution < 1.29 is 4.79 Å². The van der Waals surface area contributed by atoms with Gasteiger partial charge in [-0.05, 0) is 55.9 Å². The normalized spacial score (nSPS) is 15.1. The van der Waals surface area contributed by atoms with Crippen LogP contribution in [0.1, 0.15) is 16.8 Å². The van der Waals surface area contributed by atoms with Crippen LogP contribution in [-0.4, -0.2) is 58.9 Å². The summed E-state index contributed by atoms with van der Waals surface area (Å²) in [5, 5.41) is 0.846. The third-order valence-electron chi connectivity index (χ3n) is 5.89. The summed E-state index contributed by atoms with van der Waals surface area (Å²) >= 11 is 1.60. The first-order valence-electron chi connectivity index (χ1n) is 10.8. The molecule has 3 heterocycles. The molecule has 0 radical (unpaired) electrons. The summed E-state index contributed by atoms with van der Waals surface area (Å²) in [6.07, 6.45) is 2.76. The van der Waals surface area contributed by atoms with Gasteiger partial charge in [-0.15, -0.1) is 11.3 Å². The van der Waals surface area contributed by atoms with E-state index in [-0.39, 0.29) is 5.91 Å². The molecule has 7 heteroatoms. The SMILES string of the molecule is CN1CCCN(C(=O)c2cccc(-c3cnc(N)c(-c4nc5ccccc5s4)c3)c2)CC1. The highest BCUT2D eigenvalue weighted by Crippen LogP contribution is 2.35. The number of likely N-dealkylation sites (N-methyl/N-ethyl adjacent to an activating group) is 1. The number of benzene rings is 2. The number of nitrogens with zero attached hydrogens (tertiary/aromatic N) is 4. The van der Waals surface area contributed by atoms with Gasteiger partial charge in [-0.3, -0.25) is 4.79 Å². The maximum absolute atomic E-state index is 13.1. The first kappa shape index (κ1) is 20.6. The largest absolute Gasteiger partial charge is 0.383 e. The second kappa shape index (κ2) is 8.68. The molecule has 0 unspecified atom stereocenters. The Hall–Kier alpha value is -3.29. The molecule has 1 fully saturated rings. The third kappa shape index (κ3) is 4.09. The van der Waals surface area contributed by atoms with Gasteiger partial charge in [0.2, 0.25) is 0 Å². The van der Waals surface area contributed by atoms with Crippen LogP contribution in [0.4, 0.5) is 5.82 Å². The van der Waals surface area contributed by atoms with E-state index in [0.717, 1.165) is 64.5 Å². The van der Waals surface area contributed by atoms with Gasteiger partial charge in [0, 0.05) is 37.0 Å². The Morgan fingerprint density at radius 2 is 1.88 bits per heavy atom. The summed E-state index contributed by atoms with van der Waals surface area (Å²) in [5.74, 6) is 0.533. The number of nitrogens with two attached hydrogens (primary N) is 1. The average molecular weight is 444 g/mol. The van der Waals surface area contributed by atoms with Gasteiger partial charge in [-0.25, -0.2) is 9.97 Å². The smallest absolute Gasteiger partial charge is 0.253 e. The van der Waals surface area contributed by atoms with Crippen molar-refractivity contribution in [3.8, 4) is 21.7 Å². The first-order valence-corrected chi connectivity index (χ1v) is 11.6. The zero-order chi connectivity index (χ0) is 22.1. The van der Waals surface area contributed by atoms with Gasteiger partial charge in [-0.1, -0.05) is 24.3 Å². The van der Waals surface area contributed by atoms with Crippen LogP contribution in [0.3, 0.4) is 0 Å². The predicted octanol–water partition coefficient (Wildman–Crippen LogP) is 4.39. The Balaban J connectivity index is 1.46. The number of hydrogen-bond acceptors (Lipinski definition) is 6. The summed E-state index contributed by atoms with van der Waals surface area (Å²) in [4.78, 5) is 26.5. The molecule has 0 bridgehead atoms. The number of para-hydroxylation sites is 1. The molecular formula is C25H25N5OS. The lowest BCUT2D eigenvalue weighted by Crippen LogP contribution is -2.34. The second-order valence-corrected chi connectivity index (χ2v) is 9.20. The van der Waals surface area contributed by atoms with E-state index in [1.807, 2.05) is 53.4 Å². The van der Waals surface area contributed by atoms with Gasteiger partial charge in [0.15, 0.2) is 0 Å². The fourth-order valence-corrected chi connectivity index (χ4v) is 5.05. The van der Waals surface area contributed by atoms with Crippen molar-refractivity contribution >= 4 is 33.3 Å². The highest BCUT2D eigenvalue weighted by atomic mass is 32.1. The number of pyridine rings is 1. The van der Waals surface area contributed by atoms with Gasteiger partial charge in [0.1, 0.15) is 10.8 Å². The molecule has 4 aromatic rings. The van der Waals surface area contributed by atoms with E-state index in [9.17, 15) is 4.79 Å². The monoisotopic (exact) mass is 443 g/mol. The number of aromatic nitrogens is 2. The minimum absolute atomic E-state index is 0.0805. The summed E-state index contributed by atoms with van der Waals surface area (Å²) in [6.45, 7) is 3.47. The van der Waals surface area contributed by atoms with Crippen molar-refractivity contribution in [3.63, 3.8) is 0 Å². The Kier molecular flexibility index (Phi) is 5.59. The van der Waals surface area contributed by atoms with E-state index >= 15 is 0 Å². The van der Waals surface area contributed by atoms with Crippen LogP contribution >= 0.6 is 11.3 Å². The van der Waals surface area contributed by atoms with Gasteiger partial charge < -0.3 is 15.5 Å². The molecule has 1 aliphatic heterocycles. The van der Waals surface area contributed by atoms with Crippen molar-refractivity contribution in [2.75, 3.05) is 39.0 Å². The number of hydrogen-bond donors (Lipinski definition) is 1. The molecule has 1 saturated heterocycles. The molecule has 162 valence electrons. The maximum Gasteiger partial charge on any atom is 0.253 e. The number of nitrogen functional groups attached to an aromatic ring is 1. The maximum atomic E-state index is 13.1. The van der Waals surface area contributed by atoms with Crippen molar-refractivity contribution in [3.05, 3.63) is 66.4 Å². The molecule has 0 aliphatic carbocycles. The molecule has 5 rings (SSSR count). The number of thiazole rings is 1. The van der Waals surface area contributed by atoms with Crippen molar-refractivity contribution in [2.24, 2.45) is 0 Å². The zero-order valence-electron chi connectivity index (χ0n) is 18.0. The zero-order valence-corrected chi connectivity index (χ0v) is 18.8. The Labute approximate surface area is 191 Å². The van der Waals surface area contributed by atoms with E-state index in [2.05, 4.69) is 23.0 Å². The van der Waals surface area contributed by atoms with Gasteiger partial charge in [0.05, 0.1) is 15.8 Å². The molecule has 32 heavy (non-hydrogen) atoms. The lowest BCUT2D eigenvalue weighted by molar-refractivity contribution is 0.0763. The third-order valence-corrected chi connectivity index (χ3v) is 6.96. The molecule has 0 atom stereocenters. The van der Waals surface area contributed by atoms with Crippen LogP contribution in [0.2, 0.25) is 0 Å². The van der Waals surface area contributed by atoms with Crippen molar-refractivity contribution in [1.82, 2.24) is 19.8 Å². The number of carbonyl (C=O) groups is 1. The Morgan fingerprint density at radius 1 is 1.00 bits per heavy atom. The molecule has 2 aromatic carbocycles. The highest BCUT2D eigenvalue weighted by Gasteiger charge is 2.19. The molecule has 0 saturated carbocycles. The van der Waals surface area contributed by atoms with Crippen LogP contribution < -0.4 is 5.73 Å². The van der Waals surface area contributed by atoms with E-state index in [0.29, 0.717) is 11.4 Å². The Morgan fingerprint density at radius 3 is 2.75 bits per heavy atom. The van der Waals surface area contributed by atoms with E-state index in [1.165, 1.54) is 0 Å². The van der Waals surface area contributed by atoms with Crippen LogP contribution in [0.5, 0.6) is 0 Å². The first-order chi connectivity index (χ1) is 15.6. The average Bonchev–Trinajstić information content (AvgIpc) is 3.13. The number of amides is 1. The quantitative estimate of drug-likeness (QED) is 0.508. The predicted molar refractivity (Wildman–Crippen MR) is 131 cm³/mol. The minimum atomic E-state index is 0.0805. The van der Waals surface area contributed by atoms with E-state index < -0.39 is 0 Å². The number of anilines is 1. The topological polar surface area (TPSA) is 75.3 Å². The summed E-state index contributed by atoms with van der Waals surface area (Å²) in [6, 6.07) is 17.8. The summed E-state index contributed by atoms with van der Waals surface area (Å²) < 4.78 is 1.11. The van der Waals surface area contributed by atoms with Gasteiger partial charge in [-0.2, -0.15) is 0 Å². The summed E-state index contributed by atoms with van der Waals surface area (Å²) in [5.41, 5.74) is 10.5.